The summed E-state index contributed by atoms with van der Waals surface area (Å²) in [5.74, 6) is 0.279. The predicted octanol–water partition coefficient (Wildman–Crippen LogP) is 4.60. The van der Waals surface area contributed by atoms with Gasteiger partial charge >= 0.3 is 0 Å². The highest BCUT2D eigenvalue weighted by molar-refractivity contribution is 7.98. The van der Waals surface area contributed by atoms with E-state index in [1.807, 2.05) is 42.5 Å². The fourth-order valence-corrected chi connectivity index (χ4v) is 4.96. The zero-order valence-electron chi connectivity index (χ0n) is 20.2. The van der Waals surface area contributed by atoms with Crippen LogP contribution in [0.2, 0.25) is 5.02 Å². The average molecular weight is 523 g/mol. The number of halogens is 1. The number of rotatable bonds is 9. The monoisotopic (exact) mass is 522 g/mol. The van der Waals surface area contributed by atoms with Gasteiger partial charge in [0.1, 0.15) is 0 Å². The van der Waals surface area contributed by atoms with E-state index in [1.54, 1.807) is 23.9 Å². The first-order valence-electron chi connectivity index (χ1n) is 12.1. The average Bonchev–Trinajstić information content (AvgIpc) is 2.92. The number of carbonyl (C=O) groups is 2. The van der Waals surface area contributed by atoms with Gasteiger partial charge in [0, 0.05) is 66.9 Å². The Bertz CT molecular complexity index is 1120. The van der Waals surface area contributed by atoms with Crippen molar-refractivity contribution in [2.75, 3.05) is 32.7 Å². The summed E-state index contributed by atoms with van der Waals surface area (Å²) in [6.45, 7) is 5.50. The molecule has 1 heterocycles. The van der Waals surface area contributed by atoms with Crippen molar-refractivity contribution in [2.24, 2.45) is 0 Å². The first-order valence-corrected chi connectivity index (χ1v) is 13.5. The molecule has 0 radical (unpaired) electrons. The first-order chi connectivity index (χ1) is 17.5. The molecule has 0 aliphatic carbocycles. The van der Waals surface area contributed by atoms with Gasteiger partial charge in [-0.15, -0.1) is 11.8 Å². The van der Waals surface area contributed by atoms with E-state index in [9.17, 15) is 9.59 Å². The van der Waals surface area contributed by atoms with E-state index in [0.29, 0.717) is 18.5 Å². The normalized spacial score (nSPS) is 14.4. The summed E-state index contributed by atoms with van der Waals surface area (Å²) in [7, 11) is 0. The smallest absolute Gasteiger partial charge is 0.269 e. The van der Waals surface area contributed by atoms with E-state index in [0.717, 1.165) is 54.0 Å². The molecule has 3 aromatic rings. The largest absolute Gasteiger partial charge is 0.300 e. The standard InChI is InChI=1S/C28H31ClN4O2S/c29-25-10-12-26(13-11-25)36-21-23-6-8-24(9-7-23)28(35)31-30-27(34)14-15-32-16-18-33(19-17-32)20-22-4-2-1-3-5-22/h1-13H,14-21H2,(H,30,34)(H,31,35). The summed E-state index contributed by atoms with van der Waals surface area (Å²) in [6, 6.07) is 25.6. The van der Waals surface area contributed by atoms with Crippen LogP contribution < -0.4 is 10.9 Å². The molecule has 1 saturated heterocycles. The number of benzene rings is 3. The summed E-state index contributed by atoms with van der Waals surface area (Å²) < 4.78 is 0. The highest BCUT2D eigenvalue weighted by Crippen LogP contribution is 2.24. The van der Waals surface area contributed by atoms with Gasteiger partial charge in [0.2, 0.25) is 5.91 Å². The minimum atomic E-state index is -0.324. The molecule has 0 bridgehead atoms. The molecule has 0 aromatic heterocycles. The molecule has 0 saturated carbocycles. The van der Waals surface area contributed by atoms with Gasteiger partial charge in [0.25, 0.3) is 5.91 Å². The van der Waals surface area contributed by atoms with Crippen molar-refractivity contribution in [3.63, 3.8) is 0 Å². The van der Waals surface area contributed by atoms with Gasteiger partial charge in [0.05, 0.1) is 0 Å². The van der Waals surface area contributed by atoms with Crippen molar-refractivity contribution in [1.82, 2.24) is 20.7 Å². The predicted molar refractivity (Wildman–Crippen MR) is 146 cm³/mol. The molecule has 2 N–H and O–H groups in total. The van der Waals surface area contributed by atoms with E-state index in [2.05, 4.69) is 44.9 Å². The lowest BCUT2D eigenvalue weighted by Crippen LogP contribution is -2.47. The number of hydrogen-bond acceptors (Lipinski definition) is 5. The Morgan fingerprint density at radius 1 is 0.778 bits per heavy atom. The third-order valence-electron chi connectivity index (χ3n) is 6.12. The minimum Gasteiger partial charge on any atom is -0.300 e. The highest BCUT2D eigenvalue weighted by Gasteiger charge is 2.17. The van der Waals surface area contributed by atoms with Crippen LogP contribution in [0.25, 0.3) is 0 Å². The summed E-state index contributed by atoms with van der Waals surface area (Å²) >= 11 is 7.63. The van der Waals surface area contributed by atoms with E-state index >= 15 is 0 Å². The number of nitrogens with zero attached hydrogens (tertiary/aromatic N) is 2. The number of hydrogen-bond donors (Lipinski definition) is 2. The first kappa shape index (κ1) is 26.2. The summed E-state index contributed by atoms with van der Waals surface area (Å²) in [6.07, 6.45) is 0.347. The van der Waals surface area contributed by atoms with Crippen LogP contribution in [0.4, 0.5) is 0 Å². The molecular formula is C28H31ClN4O2S. The topological polar surface area (TPSA) is 64.7 Å². The van der Waals surface area contributed by atoms with Crippen LogP contribution in [-0.4, -0.2) is 54.3 Å². The fourth-order valence-electron chi connectivity index (χ4n) is 3.98. The Labute approximate surface area is 222 Å². The molecule has 4 rings (SSSR count). The van der Waals surface area contributed by atoms with Crippen LogP contribution in [0.15, 0.2) is 83.8 Å². The molecule has 3 aromatic carbocycles. The lowest BCUT2D eigenvalue weighted by molar-refractivity contribution is -0.122. The van der Waals surface area contributed by atoms with Crippen LogP contribution in [0.5, 0.6) is 0 Å². The van der Waals surface area contributed by atoms with E-state index in [1.165, 1.54) is 5.56 Å². The molecule has 6 nitrogen and oxygen atoms in total. The SMILES string of the molecule is O=C(CCN1CCN(Cc2ccccc2)CC1)NNC(=O)c1ccc(CSc2ccc(Cl)cc2)cc1. The van der Waals surface area contributed by atoms with Crippen LogP contribution in [0, 0.1) is 0 Å². The van der Waals surface area contributed by atoms with Crippen molar-refractivity contribution < 1.29 is 9.59 Å². The molecule has 8 heteroatoms. The lowest BCUT2D eigenvalue weighted by Gasteiger charge is -2.34. The van der Waals surface area contributed by atoms with Gasteiger partial charge < -0.3 is 4.90 Å². The summed E-state index contributed by atoms with van der Waals surface area (Å²) in [5.41, 5.74) is 8.00. The number of nitrogens with one attached hydrogen (secondary N) is 2. The maximum absolute atomic E-state index is 12.4. The maximum Gasteiger partial charge on any atom is 0.269 e. The molecule has 188 valence electrons. The summed E-state index contributed by atoms with van der Waals surface area (Å²) in [5, 5.41) is 0.721. The quantitative estimate of drug-likeness (QED) is 0.317. The molecule has 0 atom stereocenters. The van der Waals surface area contributed by atoms with E-state index < -0.39 is 0 Å². The third-order valence-corrected chi connectivity index (χ3v) is 7.45. The van der Waals surface area contributed by atoms with Crippen molar-refractivity contribution >= 4 is 35.2 Å². The van der Waals surface area contributed by atoms with Gasteiger partial charge in [0.15, 0.2) is 0 Å². The van der Waals surface area contributed by atoms with Gasteiger partial charge in [-0.1, -0.05) is 54.1 Å². The second kappa shape index (κ2) is 13.5. The van der Waals surface area contributed by atoms with Crippen molar-refractivity contribution in [2.45, 2.75) is 23.6 Å². The molecule has 1 fully saturated rings. The Hall–Kier alpha value is -2.84. The lowest BCUT2D eigenvalue weighted by atomic mass is 10.1. The number of hydrazine groups is 1. The van der Waals surface area contributed by atoms with Gasteiger partial charge in [-0.05, 0) is 47.5 Å². The zero-order chi connectivity index (χ0) is 25.2. The minimum absolute atomic E-state index is 0.189. The second-order valence-corrected chi connectivity index (χ2v) is 10.3. The molecule has 1 aliphatic rings. The van der Waals surface area contributed by atoms with E-state index in [-0.39, 0.29) is 11.8 Å². The Morgan fingerprint density at radius 3 is 2.14 bits per heavy atom. The number of piperazine rings is 1. The van der Waals surface area contributed by atoms with Crippen LogP contribution in [0.3, 0.4) is 0 Å². The molecule has 1 aliphatic heterocycles. The third kappa shape index (κ3) is 8.38. The molecule has 2 amide bonds. The van der Waals surface area contributed by atoms with Gasteiger partial charge in [-0.2, -0.15) is 0 Å². The molecule has 36 heavy (non-hydrogen) atoms. The Balaban J connectivity index is 1.11. The van der Waals surface area contributed by atoms with Crippen LogP contribution in [-0.2, 0) is 17.1 Å². The maximum atomic E-state index is 12.4. The number of amides is 2. The summed E-state index contributed by atoms with van der Waals surface area (Å²) in [4.78, 5) is 30.5. The van der Waals surface area contributed by atoms with Crippen LogP contribution >= 0.6 is 23.4 Å². The molecule has 0 unspecified atom stereocenters. The second-order valence-electron chi connectivity index (χ2n) is 8.80. The van der Waals surface area contributed by atoms with E-state index in [4.69, 9.17) is 11.6 Å². The Kier molecular flexibility index (Phi) is 9.81. The van der Waals surface area contributed by atoms with Gasteiger partial charge in [-0.25, -0.2) is 0 Å². The van der Waals surface area contributed by atoms with Crippen LogP contribution in [0.1, 0.15) is 27.9 Å². The number of thioether (sulfide) groups is 1. The van der Waals surface area contributed by atoms with Crippen molar-refractivity contribution in [3.8, 4) is 0 Å². The fraction of sp³-hybridized carbons (Fsp3) is 0.286. The van der Waals surface area contributed by atoms with Crippen molar-refractivity contribution in [3.05, 3.63) is 101 Å². The molecular weight excluding hydrogens is 492 g/mol. The Morgan fingerprint density at radius 2 is 1.44 bits per heavy atom. The van der Waals surface area contributed by atoms with Crippen molar-refractivity contribution in [1.29, 1.82) is 0 Å². The van der Waals surface area contributed by atoms with Gasteiger partial charge in [-0.3, -0.25) is 25.3 Å². The molecule has 0 spiro atoms. The highest BCUT2D eigenvalue weighted by atomic mass is 35.5. The number of carbonyl (C=O) groups excluding carboxylic acids is 2. The zero-order valence-corrected chi connectivity index (χ0v) is 21.7.